The molecule has 0 saturated carbocycles. The highest BCUT2D eigenvalue weighted by atomic mass is 16.2. The minimum Gasteiger partial charge on any atom is -0.399 e. The molecule has 0 bridgehead atoms. The standard InChI is InChI=1S/C27H44N2O/c1-2-3-4-5-6-7-8-9-10-11-12-13-14-15-16-17-27(30)29-21-20-24-22-26(28)19-18-25(24)23-29/h9-10,18-19,22H,2-8,11-17,20-21,23,28H2,1H3. The molecule has 1 amide bonds. The molecule has 3 heteroatoms. The van der Waals surface area contributed by atoms with Gasteiger partial charge in [-0.15, -0.1) is 0 Å². The van der Waals surface area contributed by atoms with Gasteiger partial charge in [-0.3, -0.25) is 4.79 Å². The maximum absolute atomic E-state index is 12.5. The molecule has 0 saturated heterocycles. The number of nitrogens with two attached hydrogens (primary N) is 1. The number of carbonyl (C=O) groups is 1. The molecular weight excluding hydrogens is 368 g/mol. The van der Waals surface area contributed by atoms with E-state index < -0.39 is 0 Å². The van der Waals surface area contributed by atoms with Crippen molar-refractivity contribution in [3.8, 4) is 0 Å². The van der Waals surface area contributed by atoms with E-state index in [0.29, 0.717) is 12.3 Å². The fourth-order valence-corrected chi connectivity index (χ4v) is 4.29. The van der Waals surface area contributed by atoms with E-state index in [4.69, 9.17) is 5.73 Å². The van der Waals surface area contributed by atoms with Gasteiger partial charge in [-0.05, 0) is 61.8 Å². The second-order valence-corrected chi connectivity index (χ2v) is 8.93. The predicted octanol–water partition coefficient (Wildman–Crippen LogP) is 7.19. The lowest BCUT2D eigenvalue weighted by Crippen LogP contribution is -2.35. The van der Waals surface area contributed by atoms with Gasteiger partial charge in [0.1, 0.15) is 0 Å². The van der Waals surface area contributed by atoms with Crippen LogP contribution in [0.25, 0.3) is 0 Å². The van der Waals surface area contributed by atoms with Gasteiger partial charge in [0.25, 0.3) is 0 Å². The molecule has 1 heterocycles. The van der Waals surface area contributed by atoms with Crippen LogP contribution >= 0.6 is 0 Å². The topological polar surface area (TPSA) is 46.3 Å². The van der Waals surface area contributed by atoms with Crippen molar-refractivity contribution in [1.29, 1.82) is 0 Å². The Morgan fingerprint density at radius 2 is 1.53 bits per heavy atom. The third-order valence-electron chi connectivity index (χ3n) is 6.25. The van der Waals surface area contributed by atoms with Gasteiger partial charge < -0.3 is 10.6 Å². The van der Waals surface area contributed by atoms with E-state index in [0.717, 1.165) is 31.6 Å². The maximum atomic E-state index is 12.5. The summed E-state index contributed by atoms with van der Waals surface area (Å²) >= 11 is 0. The lowest BCUT2D eigenvalue weighted by atomic mass is 9.98. The van der Waals surface area contributed by atoms with E-state index in [1.807, 2.05) is 11.0 Å². The highest BCUT2D eigenvalue weighted by molar-refractivity contribution is 5.76. The molecule has 1 aliphatic heterocycles. The molecule has 0 aliphatic carbocycles. The first-order valence-electron chi connectivity index (χ1n) is 12.5. The third-order valence-corrected chi connectivity index (χ3v) is 6.25. The number of fused-ring (bicyclic) bond motifs is 1. The van der Waals surface area contributed by atoms with Crippen molar-refractivity contribution in [3.05, 3.63) is 41.5 Å². The van der Waals surface area contributed by atoms with Gasteiger partial charge in [-0.25, -0.2) is 0 Å². The quantitative estimate of drug-likeness (QED) is 0.188. The molecule has 1 aromatic rings. The van der Waals surface area contributed by atoms with Crippen LogP contribution in [0.1, 0.15) is 108 Å². The van der Waals surface area contributed by atoms with Crippen LogP contribution in [0.2, 0.25) is 0 Å². The third kappa shape index (κ3) is 9.82. The molecule has 1 aliphatic rings. The van der Waals surface area contributed by atoms with E-state index in [-0.39, 0.29) is 0 Å². The van der Waals surface area contributed by atoms with Gasteiger partial charge in [-0.1, -0.05) is 76.5 Å². The summed E-state index contributed by atoms with van der Waals surface area (Å²) in [6.45, 7) is 3.86. The Bertz CT molecular complexity index is 638. The minimum absolute atomic E-state index is 0.315. The smallest absolute Gasteiger partial charge is 0.222 e. The van der Waals surface area contributed by atoms with Crippen LogP contribution in [0.4, 0.5) is 5.69 Å². The lowest BCUT2D eigenvalue weighted by molar-refractivity contribution is -0.132. The molecular formula is C27H44N2O. The predicted molar refractivity (Wildman–Crippen MR) is 129 cm³/mol. The number of nitrogens with zero attached hydrogens (tertiary/aromatic N) is 1. The lowest BCUT2D eigenvalue weighted by Gasteiger charge is -2.29. The van der Waals surface area contributed by atoms with Crippen LogP contribution in [0.15, 0.2) is 30.4 Å². The average Bonchev–Trinajstić information content (AvgIpc) is 2.75. The Morgan fingerprint density at radius 3 is 2.23 bits per heavy atom. The van der Waals surface area contributed by atoms with E-state index >= 15 is 0 Å². The number of carbonyl (C=O) groups excluding carboxylic acids is 1. The number of allylic oxidation sites excluding steroid dienone is 2. The molecule has 0 spiro atoms. The number of unbranched alkanes of at least 4 members (excludes halogenated alkanes) is 11. The Balaban J connectivity index is 1.42. The molecule has 1 aromatic carbocycles. The van der Waals surface area contributed by atoms with Crippen molar-refractivity contribution >= 4 is 11.6 Å². The van der Waals surface area contributed by atoms with Crippen LogP contribution in [-0.2, 0) is 17.8 Å². The van der Waals surface area contributed by atoms with E-state index in [9.17, 15) is 4.79 Å². The van der Waals surface area contributed by atoms with E-state index in [1.54, 1.807) is 0 Å². The summed E-state index contributed by atoms with van der Waals surface area (Å²) in [4.78, 5) is 14.5. The fourth-order valence-electron chi connectivity index (χ4n) is 4.29. The van der Waals surface area contributed by atoms with Gasteiger partial charge in [0.05, 0.1) is 0 Å². The molecule has 0 unspecified atom stereocenters. The van der Waals surface area contributed by atoms with Crippen molar-refractivity contribution in [1.82, 2.24) is 4.90 Å². The number of amides is 1. The van der Waals surface area contributed by atoms with Gasteiger partial charge in [0, 0.05) is 25.2 Å². The second-order valence-electron chi connectivity index (χ2n) is 8.93. The zero-order valence-corrected chi connectivity index (χ0v) is 19.3. The summed E-state index contributed by atoms with van der Waals surface area (Å²) < 4.78 is 0. The molecule has 0 atom stereocenters. The molecule has 0 aromatic heterocycles. The molecule has 0 radical (unpaired) electrons. The molecule has 0 fully saturated rings. The van der Waals surface area contributed by atoms with Crippen molar-refractivity contribution in [2.75, 3.05) is 12.3 Å². The molecule has 3 nitrogen and oxygen atoms in total. The zero-order chi connectivity index (χ0) is 21.4. The maximum Gasteiger partial charge on any atom is 0.222 e. The highest BCUT2D eigenvalue weighted by Gasteiger charge is 2.20. The van der Waals surface area contributed by atoms with Gasteiger partial charge in [0.2, 0.25) is 5.91 Å². The molecule has 2 rings (SSSR count). The Labute approximate surface area is 185 Å². The van der Waals surface area contributed by atoms with Crippen molar-refractivity contribution in [2.45, 2.75) is 110 Å². The summed E-state index contributed by atoms with van der Waals surface area (Å²) in [7, 11) is 0. The van der Waals surface area contributed by atoms with E-state index in [1.165, 1.54) is 88.2 Å². The summed E-state index contributed by atoms with van der Waals surface area (Å²) in [5.41, 5.74) is 9.25. The van der Waals surface area contributed by atoms with Crippen LogP contribution < -0.4 is 5.73 Å². The number of anilines is 1. The number of hydrogen-bond donors (Lipinski definition) is 1. The van der Waals surface area contributed by atoms with Crippen molar-refractivity contribution in [2.24, 2.45) is 0 Å². The Kier molecular flexibility index (Phi) is 12.3. The van der Waals surface area contributed by atoms with Crippen LogP contribution in [0.5, 0.6) is 0 Å². The average molecular weight is 413 g/mol. The SMILES string of the molecule is CCCCCCCCC=CCCCCCCCC(=O)N1CCc2cc(N)ccc2C1. The minimum atomic E-state index is 0.315. The molecule has 30 heavy (non-hydrogen) atoms. The number of nitrogen functional groups attached to an aromatic ring is 1. The first-order valence-corrected chi connectivity index (χ1v) is 12.5. The summed E-state index contributed by atoms with van der Waals surface area (Å²) in [6, 6.07) is 6.07. The van der Waals surface area contributed by atoms with Gasteiger partial charge >= 0.3 is 0 Å². The second kappa shape index (κ2) is 15.1. The van der Waals surface area contributed by atoms with Crippen molar-refractivity contribution < 1.29 is 4.79 Å². The molecule has 2 N–H and O–H groups in total. The highest BCUT2D eigenvalue weighted by Crippen LogP contribution is 2.22. The van der Waals surface area contributed by atoms with Crippen LogP contribution in [0.3, 0.4) is 0 Å². The van der Waals surface area contributed by atoms with Crippen LogP contribution in [0, 0.1) is 0 Å². The normalized spacial score (nSPS) is 13.7. The summed E-state index contributed by atoms with van der Waals surface area (Å²) in [5, 5.41) is 0. The Hall–Kier alpha value is -1.77. The number of rotatable bonds is 15. The van der Waals surface area contributed by atoms with Crippen LogP contribution in [-0.4, -0.2) is 17.4 Å². The van der Waals surface area contributed by atoms with E-state index in [2.05, 4.69) is 31.2 Å². The van der Waals surface area contributed by atoms with Gasteiger partial charge in [-0.2, -0.15) is 0 Å². The summed E-state index contributed by atoms with van der Waals surface area (Å²) in [5.74, 6) is 0.315. The van der Waals surface area contributed by atoms with Crippen molar-refractivity contribution in [3.63, 3.8) is 0 Å². The van der Waals surface area contributed by atoms with Gasteiger partial charge in [0.15, 0.2) is 0 Å². The number of hydrogen-bond acceptors (Lipinski definition) is 2. The largest absolute Gasteiger partial charge is 0.399 e. The fraction of sp³-hybridized carbons (Fsp3) is 0.667. The monoisotopic (exact) mass is 412 g/mol. The first-order chi connectivity index (χ1) is 14.7. The molecule has 168 valence electrons. The number of benzene rings is 1. The summed E-state index contributed by atoms with van der Waals surface area (Å²) in [6.07, 6.45) is 23.2. The first kappa shape index (κ1) is 24.5. The Morgan fingerprint density at radius 1 is 0.900 bits per heavy atom. The zero-order valence-electron chi connectivity index (χ0n) is 19.3.